The average Bonchev–Trinajstić information content (AvgIpc) is 2.53. The zero-order valence-corrected chi connectivity index (χ0v) is 15.6. The first kappa shape index (κ1) is 19.9. The first-order valence-electron chi connectivity index (χ1n) is 8.34. The van der Waals surface area contributed by atoms with Crippen molar-refractivity contribution in [3.05, 3.63) is 65.5 Å². The number of anilines is 1. The lowest BCUT2D eigenvalue weighted by Crippen LogP contribution is -2.35. The van der Waals surface area contributed by atoms with Crippen LogP contribution in [0.5, 0.6) is 0 Å². The van der Waals surface area contributed by atoms with Gasteiger partial charge in [-0.2, -0.15) is 0 Å². The molecule has 0 spiro atoms. The van der Waals surface area contributed by atoms with Gasteiger partial charge in [0.15, 0.2) is 0 Å². The van der Waals surface area contributed by atoms with E-state index >= 15 is 0 Å². The molecule has 0 heterocycles. The number of carbonyl (C=O) groups is 1. The van der Waals surface area contributed by atoms with Crippen molar-refractivity contribution in [2.24, 2.45) is 5.92 Å². The Hall–Kier alpha value is -2.41. The SMILES string of the molecule is Cc1cccc(CCNC(=O)C(C)CS(=O)(=O)Nc2cccc(F)c2)c1. The Bertz CT molecular complexity index is 869. The molecular formula is C19H23FN2O3S. The monoisotopic (exact) mass is 378 g/mol. The zero-order valence-electron chi connectivity index (χ0n) is 14.8. The van der Waals surface area contributed by atoms with Gasteiger partial charge in [-0.15, -0.1) is 0 Å². The molecule has 140 valence electrons. The van der Waals surface area contributed by atoms with Gasteiger partial charge in [-0.05, 0) is 37.1 Å². The van der Waals surface area contributed by atoms with Gasteiger partial charge in [0, 0.05) is 6.54 Å². The molecule has 2 aromatic rings. The highest BCUT2D eigenvalue weighted by Gasteiger charge is 2.21. The zero-order chi connectivity index (χ0) is 19.2. The summed E-state index contributed by atoms with van der Waals surface area (Å²) in [7, 11) is -3.76. The lowest BCUT2D eigenvalue weighted by molar-refractivity contribution is -0.123. The van der Waals surface area contributed by atoms with Gasteiger partial charge in [0.25, 0.3) is 0 Å². The smallest absolute Gasteiger partial charge is 0.233 e. The minimum absolute atomic E-state index is 0.136. The number of halogens is 1. The number of sulfonamides is 1. The molecule has 5 nitrogen and oxygen atoms in total. The van der Waals surface area contributed by atoms with Crippen LogP contribution in [0.1, 0.15) is 18.1 Å². The van der Waals surface area contributed by atoms with E-state index in [4.69, 9.17) is 0 Å². The third-order valence-corrected chi connectivity index (χ3v) is 5.30. The number of aryl methyl sites for hydroxylation is 1. The molecule has 0 aliphatic carbocycles. The van der Waals surface area contributed by atoms with Crippen molar-refractivity contribution in [3.8, 4) is 0 Å². The molecular weight excluding hydrogens is 355 g/mol. The fraction of sp³-hybridized carbons (Fsp3) is 0.316. The number of benzene rings is 2. The Morgan fingerprint density at radius 2 is 1.88 bits per heavy atom. The maximum Gasteiger partial charge on any atom is 0.233 e. The Morgan fingerprint density at radius 1 is 1.15 bits per heavy atom. The second-order valence-corrected chi connectivity index (χ2v) is 8.09. The molecule has 0 aliphatic rings. The van der Waals surface area contributed by atoms with Crippen LogP contribution in [0.15, 0.2) is 48.5 Å². The second kappa shape index (κ2) is 8.80. The van der Waals surface area contributed by atoms with Crippen molar-refractivity contribution >= 4 is 21.6 Å². The maximum absolute atomic E-state index is 13.1. The van der Waals surface area contributed by atoms with E-state index in [9.17, 15) is 17.6 Å². The number of hydrogen-bond donors (Lipinski definition) is 2. The summed E-state index contributed by atoms with van der Waals surface area (Å²) in [6, 6.07) is 13.2. The van der Waals surface area contributed by atoms with E-state index in [0.29, 0.717) is 13.0 Å². The highest BCUT2D eigenvalue weighted by Crippen LogP contribution is 2.13. The quantitative estimate of drug-likeness (QED) is 0.742. The fourth-order valence-corrected chi connectivity index (χ4v) is 3.93. The summed E-state index contributed by atoms with van der Waals surface area (Å²) in [6.45, 7) is 3.98. The minimum Gasteiger partial charge on any atom is -0.356 e. The molecule has 0 saturated heterocycles. The van der Waals surface area contributed by atoms with Crippen molar-refractivity contribution in [2.45, 2.75) is 20.3 Å². The normalized spacial score (nSPS) is 12.4. The van der Waals surface area contributed by atoms with Gasteiger partial charge >= 0.3 is 0 Å². The third-order valence-electron chi connectivity index (χ3n) is 3.81. The standard InChI is InChI=1S/C19H23FN2O3S/c1-14-5-3-6-16(11-14)9-10-21-19(23)15(2)13-26(24,25)22-18-8-4-7-17(20)12-18/h3-8,11-12,15,22H,9-10,13H2,1-2H3,(H,21,23). The largest absolute Gasteiger partial charge is 0.356 e. The van der Waals surface area contributed by atoms with Gasteiger partial charge in [-0.1, -0.05) is 42.8 Å². The van der Waals surface area contributed by atoms with Crippen LogP contribution in [0.2, 0.25) is 0 Å². The van der Waals surface area contributed by atoms with E-state index < -0.39 is 21.8 Å². The summed E-state index contributed by atoms with van der Waals surface area (Å²) in [5.41, 5.74) is 2.40. The van der Waals surface area contributed by atoms with E-state index in [1.54, 1.807) is 6.92 Å². The third kappa shape index (κ3) is 6.48. The van der Waals surface area contributed by atoms with E-state index in [-0.39, 0.29) is 17.3 Å². The first-order chi connectivity index (χ1) is 12.2. The van der Waals surface area contributed by atoms with Crippen LogP contribution in [0.25, 0.3) is 0 Å². The van der Waals surface area contributed by atoms with Gasteiger partial charge in [0.2, 0.25) is 15.9 Å². The van der Waals surface area contributed by atoms with Gasteiger partial charge in [-0.3, -0.25) is 9.52 Å². The average molecular weight is 378 g/mol. The Kier molecular flexibility index (Phi) is 6.74. The molecule has 2 N–H and O–H groups in total. The molecule has 0 saturated carbocycles. The molecule has 0 fully saturated rings. The second-order valence-electron chi connectivity index (χ2n) is 6.32. The van der Waals surface area contributed by atoms with E-state index in [0.717, 1.165) is 17.2 Å². The van der Waals surface area contributed by atoms with Crippen LogP contribution in [0.4, 0.5) is 10.1 Å². The number of amides is 1. The number of hydrogen-bond acceptors (Lipinski definition) is 3. The van der Waals surface area contributed by atoms with Crippen LogP contribution < -0.4 is 10.0 Å². The molecule has 26 heavy (non-hydrogen) atoms. The van der Waals surface area contributed by atoms with E-state index in [1.165, 1.54) is 18.2 Å². The summed E-state index contributed by atoms with van der Waals surface area (Å²) in [5, 5.41) is 2.75. The molecule has 1 unspecified atom stereocenters. The summed E-state index contributed by atoms with van der Waals surface area (Å²) in [4.78, 5) is 12.1. The number of nitrogens with one attached hydrogen (secondary N) is 2. The molecule has 1 amide bonds. The van der Waals surface area contributed by atoms with Crippen molar-refractivity contribution in [1.29, 1.82) is 0 Å². The Labute approximate surface area is 153 Å². The predicted molar refractivity (Wildman–Crippen MR) is 101 cm³/mol. The molecule has 0 bridgehead atoms. The topological polar surface area (TPSA) is 75.3 Å². The number of rotatable bonds is 8. The van der Waals surface area contributed by atoms with Crippen molar-refractivity contribution in [3.63, 3.8) is 0 Å². The molecule has 0 aromatic heterocycles. The highest BCUT2D eigenvalue weighted by atomic mass is 32.2. The summed E-state index contributed by atoms with van der Waals surface area (Å²) >= 11 is 0. The van der Waals surface area contributed by atoms with Crippen LogP contribution in [0, 0.1) is 18.7 Å². The first-order valence-corrected chi connectivity index (χ1v) is 10.00. The van der Waals surface area contributed by atoms with Crippen LogP contribution in [-0.2, 0) is 21.2 Å². The van der Waals surface area contributed by atoms with Gasteiger partial charge in [-0.25, -0.2) is 12.8 Å². The van der Waals surface area contributed by atoms with Crippen molar-refractivity contribution in [1.82, 2.24) is 5.32 Å². The van der Waals surface area contributed by atoms with Gasteiger partial charge in [0.05, 0.1) is 17.4 Å². The molecule has 7 heteroatoms. The Balaban J connectivity index is 1.83. The van der Waals surface area contributed by atoms with Crippen molar-refractivity contribution < 1.29 is 17.6 Å². The maximum atomic E-state index is 13.1. The number of carbonyl (C=O) groups excluding carboxylic acids is 1. The van der Waals surface area contributed by atoms with E-state index in [1.807, 2.05) is 31.2 Å². The molecule has 2 aromatic carbocycles. The molecule has 0 radical (unpaired) electrons. The lowest BCUT2D eigenvalue weighted by atomic mass is 10.1. The van der Waals surface area contributed by atoms with E-state index in [2.05, 4.69) is 10.0 Å². The summed E-state index contributed by atoms with van der Waals surface area (Å²) in [5.74, 6) is -1.97. The predicted octanol–water partition coefficient (Wildman–Crippen LogP) is 2.87. The van der Waals surface area contributed by atoms with Crippen LogP contribution >= 0.6 is 0 Å². The summed E-state index contributed by atoms with van der Waals surface area (Å²) < 4.78 is 39.7. The van der Waals surface area contributed by atoms with Crippen LogP contribution in [-0.4, -0.2) is 26.6 Å². The molecule has 0 aliphatic heterocycles. The minimum atomic E-state index is -3.76. The van der Waals surface area contributed by atoms with Gasteiger partial charge in [0.1, 0.15) is 5.82 Å². The van der Waals surface area contributed by atoms with Crippen molar-refractivity contribution in [2.75, 3.05) is 17.0 Å². The highest BCUT2D eigenvalue weighted by molar-refractivity contribution is 7.92. The molecule has 2 rings (SSSR count). The summed E-state index contributed by atoms with van der Waals surface area (Å²) in [6.07, 6.45) is 0.675. The van der Waals surface area contributed by atoms with Gasteiger partial charge < -0.3 is 5.32 Å². The lowest BCUT2D eigenvalue weighted by Gasteiger charge is -2.14. The Morgan fingerprint density at radius 3 is 2.58 bits per heavy atom. The van der Waals surface area contributed by atoms with Crippen LogP contribution in [0.3, 0.4) is 0 Å². The fourth-order valence-electron chi connectivity index (χ4n) is 2.55. The molecule has 1 atom stereocenters.